The average Bonchev–Trinajstić information content (AvgIpc) is 2.07. The van der Waals surface area contributed by atoms with Gasteiger partial charge >= 0.3 is 0 Å². The van der Waals surface area contributed by atoms with E-state index in [9.17, 15) is 9.18 Å². The number of anilines is 1. The van der Waals surface area contributed by atoms with E-state index in [1.807, 2.05) is 14.1 Å². The minimum absolute atomic E-state index is 0.0831. The number of hydrogen-bond donors (Lipinski definition) is 0. The molecule has 0 heterocycles. The molecule has 0 unspecified atom stereocenters. The van der Waals surface area contributed by atoms with Crippen molar-refractivity contribution in [1.82, 2.24) is 0 Å². The minimum Gasteiger partial charge on any atom is -0.377 e. The summed E-state index contributed by atoms with van der Waals surface area (Å²) in [5.41, 5.74) is 1.63. The molecule has 0 saturated heterocycles. The second-order valence-electron chi connectivity index (χ2n) is 3.55. The Labute approximate surface area is 83.3 Å². The van der Waals surface area contributed by atoms with Crippen LogP contribution in [0.25, 0.3) is 0 Å². The summed E-state index contributed by atoms with van der Waals surface area (Å²) in [7, 11) is 3.66. The molecule has 1 rings (SSSR count). The maximum Gasteiger partial charge on any atom is 0.134 e. The predicted molar refractivity (Wildman–Crippen MR) is 55.1 cm³/mol. The van der Waals surface area contributed by atoms with Crippen molar-refractivity contribution in [2.45, 2.75) is 13.3 Å². The summed E-state index contributed by atoms with van der Waals surface area (Å²) in [5.74, 6) is -0.194. The molecule has 76 valence electrons. The monoisotopic (exact) mass is 195 g/mol. The highest BCUT2D eigenvalue weighted by Gasteiger charge is 2.07. The quantitative estimate of drug-likeness (QED) is 0.735. The fourth-order valence-corrected chi connectivity index (χ4v) is 1.37. The normalized spacial score (nSPS) is 10.0. The van der Waals surface area contributed by atoms with Gasteiger partial charge < -0.3 is 4.90 Å². The largest absolute Gasteiger partial charge is 0.377 e. The smallest absolute Gasteiger partial charge is 0.134 e. The molecule has 0 aliphatic carbocycles. The molecule has 1 aromatic carbocycles. The molecule has 14 heavy (non-hydrogen) atoms. The van der Waals surface area contributed by atoms with E-state index >= 15 is 0 Å². The summed E-state index contributed by atoms with van der Waals surface area (Å²) in [6.07, 6.45) is 0.355. The van der Waals surface area contributed by atoms with E-state index in [0.717, 1.165) is 11.3 Å². The van der Waals surface area contributed by atoms with Crippen LogP contribution in [0.3, 0.4) is 0 Å². The number of carbonyl (C=O) groups excluding carboxylic acids is 1. The van der Waals surface area contributed by atoms with E-state index in [1.54, 1.807) is 11.0 Å². The van der Waals surface area contributed by atoms with Crippen molar-refractivity contribution in [3.8, 4) is 0 Å². The lowest BCUT2D eigenvalue weighted by Crippen LogP contribution is -2.13. The SMILES string of the molecule is CC(=O)Cc1ccc(F)cc1N(C)C. The summed E-state index contributed by atoms with van der Waals surface area (Å²) in [6, 6.07) is 4.48. The number of nitrogens with zero attached hydrogens (tertiary/aromatic N) is 1. The molecule has 0 N–H and O–H groups in total. The Morgan fingerprint density at radius 2 is 2.07 bits per heavy atom. The number of rotatable bonds is 3. The van der Waals surface area contributed by atoms with Crippen molar-refractivity contribution in [3.05, 3.63) is 29.6 Å². The Morgan fingerprint density at radius 1 is 1.43 bits per heavy atom. The first kappa shape index (κ1) is 10.7. The Morgan fingerprint density at radius 3 is 2.57 bits per heavy atom. The van der Waals surface area contributed by atoms with Crippen LogP contribution >= 0.6 is 0 Å². The first-order valence-electron chi connectivity index (χ1n) is 4.46. The van der Waals surface area contributed by atoms with E-state index in [0.29, 0.717) is 6.42 Å². The second-order valence-corrected chi connectivity index (χ2v) is 3.55. The Kier molecular flexibility index (Phi) is 3.23. The Balaban J connectivity index is 3.08. The van der Waals surface area contributed by atoms with Crippen LogP contribution in [0.5, 0.6) is 0 Å². The lowest BCUT2D eigenvalue weighted by atomic mass is 10.1. The molecule has 0 atom stereocenters. The van der Waals surface area contributed by atoms with Gasteiger partial charge in [-0.2, -0.15) is 0 Å². The van der Waals surface area contributed by atoms with Crippen molar-refractivity contribution in [2.75, 3.05) is 19.0 Å². The van der Waals surface area contributed by atoms with Crippen LogP contribution in [-0.4, -0.2) is 19.9 Å². The molecule has 1 aromatic rings. The molecular formula is C11H14FNO. The number of hydrogen-bond acceptors (Lipinski definition) is 2. The van der Waals surface area contributed by atoms with Crippen LogP contribution in [0.4, 0.5) is 10.1 Å². The highest BCUT2D eigenvalue weighted by Crippen LogP contribution is 2.20. The summed E-state index contributed by atoms with van der Waals surface area (Å²) in [5, 5.41) is 0. The molecule has 0 fully saturated rings. The number of ketones is 1. The fourth-order valence-electron chi connectivity index (χ4n) is 1.37. The molecule has 2 nitrogen and oxygen atoms in total. The predicted octanol–water partition coefficient (Wildman–Crippen LogP) is 2.02. The zero-order chi connectivity index (χ0) is 10.7. The van der Waals surface area contributed by atoms with Crippen molar-refractivity contribution in [3.63, 3.8) is 0 Å². The molecule has 0 amide bonds. The van der Waals surface area contributed by atoms with Crippen LogP contribution < -0.4 is 4.90 Å². The second kappa shape index (κ2) is 4.22. The van der Waals surface area contributed by atoms with Gasteiger partial charge in [0.2, 0.25) is 0 Å². The molecule has 0 radical (unpaired) electrons. The first-order chi connectivity index (χ1) is 6.50. The topological polar surface area (TPSA) is 20.3 Å². The van der Waals surface area contributed by atoms with Crippen LogP contribution in [0.2, 0.25) is 0 Å². The van der Waals surface area contributed by atoms with E-state index in [4.69, 9.17) is 0 Å². The van der Waals surface area contributed by atoms with Crippen molar-refractivity contribution < 1.29 is 9.18 Å². The minimum atomic E-state index is -0.277. The third-order valence-corrected chi connectivity index (χ3v) is 1.97. The van der Waals surface area contributed by atoms with E-state index < -0.39 is 0 Å². The van der Waals surface area contributed by atoms with Gasteiger partial charge in [0, 0.05) is 26.2 Å². The third-order valence-electron chi connectivity index (χ3n) is 1.97. The molecule has 0 bridgehead atoms. The van der Waals surface area contributed by atoms with Gasteiger partial charge in [-0.3, -0.25) is 4.79 Å². The fraction of sp³-hybridized carbons (Fsp3) is 0.364. The number of benzene rings is 1. The van der Waals surface area contributed by atoms with Gasteiger partial charge in [-0.15, -0.1) is 0 Å². The van der Waals surface area contributed by atoms with Crippen LogP contribution in [0, 0.1) is 5.82 Å². The molecular weight excluding hydrogens is 181 g/mol. The molecule has 0 saturated carbocycles. The summed E-state index contributed by atoms with van der Waals surface area (Å²) >= 11 is 0. The van der Waals surface area contributed by atoms with E-state index in [2.05, 4.69) is 0 Å². The molecule has 0 spiro atoms. The summed E-state index contributed by atoms with van der Waals surface area (Å²) in [6.45, 7) is 1.53. The molecule has 0 aromatic heterocycles. The van der Waals surface area contributed by atoms with Gasteiger partial charge in [0.25, 0.3) is 0 Å². The highest BCUT2D eigenvalue weighted by molar-refractivity contribution is 5.80. The lowest BCUT2D eigenvalue weighted by Gasteiger charge is -2.16. The van der Waals surface area contributed by atoms with Crippen LogP contribution in [0.15, 0.2) is 18.2 Å². The zero-order valence-corrected chi connectivity index (χ0v) is 8.67. The van der Waals surface area contributed by atoms with E-state index in [-0.39, 0.29) is 11.6 Å². The maximum absolute atomic E-state index is 12.9. The van der Waals surface area contributed by atoms with Crippen molar-refractivity contribution in [2.24, 2.45) is 0 Å². The molecule has 0 aliphatic rings. The van der Waals surface area contributed by atoms with Crippen molar-refractivity contribution in [1.29, 1.82) is 0 Å². The van der Waals surface area contributed by atoms with Crippen molar-refractivity contribution >= 4 is 11.5 Å². The summed E-state index contributed by atoms with van der Waals surface area (Å²) in [4.78, 5) is 12.8. The van der Waals surface area contributed by atoms with Gasteiger partial charge in [0.15, 0.2) is 0 Å². The first-order valence-corrected chi connectivity index (χ1v) is 4.46. The van der Waals surface area contributed by atoms with Gasteiger partial charge in [0.1, 0.15) is 11.6 Å². The van der Waals surface area contributed by atoms with Gasteiger partial charge in [-0.05, 0) is 24.6 Å². The van der Waals surface area contributed by atoms with Gasteiger partial charge in [0.05, 0.1) is 0 Å². The van der Waals surface area contributed by atoms with Crippen LogP contribution in [0.1, 0.15) is 12.5 Å². The van der Waals surface area contributed by atoms with E-state index in [1.165, 1.54) is 19.1 Å². The number of carbonyl (C=O) groups is 1. The highest BCUT2D eigenvalue weighted by atomic mass is 19.1. The summed E-state index contributed by atoms with van der Waals surface area (Å²) < 4.78 is 12.9. The number of Topliss-reactive ketones (excluding diaryl/α,β-unsaturated/α-hetero) is 1. The van der Waals surface area contributed by atoms with Gasteiger partial charge in [-0.25, -0.2) is 4.39 Å². The van der Waals surface area contributed by atoms with Crippen LogP contribution in [-0.2, 0) is 11.2 Å². The Bertz CT molecular complexity index is 347. The standard InChI is InChI=1S/C11H14FNO/c1-8(14)6-9-4-5-10(12)7-11(9)13(2)3/h4-5,7H,6H2,1-3H3. The Hall–Kier alpha value is -1.38. The molecule has 0 aliphatic heterocycles. The molecule has 3 heteroatoms. The third kappa shape index (κ3) is 2.55. The average molecular weight is 195 g/mol. The maximum atomic E-state index is 12.9. The zero-order valence-electron chi connectivity index (χ0n) is 8.67. The lowest BCUT2D eigenvalue weighted by molar-refractivity contribution is -0.116. The van der Waals surface area contributed by atoms with Gasteiger partial charge in [-0.1, -0.05) is 6.07 Å². The number of halogens is 1.